The van der Waals surface area contributed by atoms with Gasteiger partial charge in [-0.3, -0.25) is 9.52 Å². The topological polar surface area (TPSA) is 137 Å². The number of benzene rings is 3. The number of anilines is 1. The molecule has 5 rings (SSSR count). The predicted molar refractivity (Wildman–Crippen MR) is 143 cm³/mol. The molecule has 1 amide bonds. The van der Waals surface area contributed by atoms with Crippen LogP contribution in [0.4, 0.5) is 5.69 Å². The van der Waals surface area contributed by atoms with Crippen molar-refractivity contribution >= 4 is 44.8 Å². The van der Waals surface area contributed by atoms with Crippen LogP contribution in [0.3, 0.4) is 0 Å². The van der Waals surface area contributed by atoms with E-state index in [0.29, 0.717) is 22.3 Å². The van der Waals surface area contributed by atoms with E-state index in [1.807, 2.05) is 0 Å². The fraction of sp³-hybridized carbons (Fsp3) is 0.0385. The zero-order valence-corrected chi connectivity index (χ0v) is 22.1. The second kappa shape index (κ2) is 11.2. The highest BCUT2D eigenvalue weighted by Crippen LogP contribution is 2.30. The van der Waals surface area contributed by atoms with E-state index in [-0.39, 0.29) is 39.4 Å². The van der Waals surface area contributed by atoms with E-state index < -0.39 is 15.9 Å². The zero-order chi connectivity index (χ0) is 27.4. The third-order valence-corrected chi connectivity index (χ3v) is 7.20. The van der Waals surface area contributed by atoms with Gasteiger partial charge in [0.2, 0.25) is 0 Å². The summed E-state index contributed by atoms with van der Waals surface area (Å²) in [6.45, 7) is -0.0887. The van der Waals surface area contributed by atoms with Gasteiger partial charge in [0.1, 0.15) is 11.5 Å². The fourth-order valence-electron chi connectivity index (χ4n) is 3.42. The summed E-state index contributed by atoms with van der Waals surface area (Å²) < 4.78 is 44.7. The molecule has 0 saturated heterocycles. The van der Waals surface area contributed by atoms with Crippen LogP contribution in [0.15, 0.2) is 99.0 Å². The highest BCUT2D eigenvalue weighted by atomic mass is 35.5. The summed E-state index contributed by atoms with van der Waals surface area (Å²) >= 11 is 12.2. The molecule has 0 unspecified atom stereocenters. The van der Waals surface area contributed by atoms with E-state index in [1.165, 1.54) is 48.7 Å². The van der Waals surface area contributed by atoms with Gasteiger partial charge in [-0.15, -0.1) is 0 Å². The van der Waals surface area contributed by atoms with Gasteiger partial charge in [0, 0.05) is 5.02 Å². The van der Waals surface area contributed by atoms with E-state index in [1.54, 1.807) is 36.4 Å². The Morgan fingerprint density at radius 3 is 2.51 bits per heavy atom. The van der Waals surface area contributed by atoms with Crippen LogP contribution in [-0.2, 0) is 16.6 Å². The van der Waals surface area contributed by atoms with Crippen molar-refractivity contribution in [1.29, 1.82) is 0 Å². The third kappa shape index (κ3) is 6.23. The van der Waals surface area contributed by atoms with Crippen molar-refractivity contribution in [2.75, 3.05) is 4.72 Å². The van der Waals surface area contributed by atoms with Crippen LogP contribution in [0, 0.1) is 0 Å². The monoisotopic (exact) mass is 584 g/mol. The fourth-order valence-corrected chi connectivity index (χ4v) is 4.85. The van der Waals surface area contributed by atoms with Gasteiger partial charge in [-0.2, -0.15) is 4.98 Å². The van der Waals surface area contributed by atoms with Gasteiger partial charge in [0.25, 0.3) is 21.8 Å². The number of furan rings is 1. The first-order chi connectivity index (χ1) is 18.8. The Hall–Kier alpha value is -4.32. The van der Waals surface area contributed by atoms with Crippen molar-refractivity contribution in [3.05, 3.63) is 107 Å². The van der Waals surface area contributed by atoms with Crippen molar-refractivity contribution in [3.8, 4) is 23.1 Å². The number of carbonyl (C=O) groups is 1. The standard InChI is InChI=1S/C26H18Cl2N4O6S/c27-16-7-12-21(19(14-16)25(33)29-15-24-30-26(38-31-24)23-6-3-13-36-23)32-39(34,35)18-10-8-17(9-11-18)37-22-5-2-1-4-20(22)28/h1-14,32H,15H2,(H,29,33). The third-order valence-electron chi connectivity index (χ3n) is 5.28. The summed E-state index contributed by atoms with van der Waals surface area (Å²) in [4.78, 5) is 17.1. The van der Waals surface area contributed by atoms with Gasteiger partial charge < -0.3 is 19.0 Å². The highest BCUT2D eigenvalue weighted by molar-refractivity contribution is 7.92. The summed E-state index contributed by atoms with van der Waals surface area (Å²) in [5.41, 5.74) is 0.0252. The number of ether oxygens (including phenoxy) is 1. The van der Waals surface area contributed by atoms with E-state index in [2.05, 4.69) is 20.2 Å². The first-order valence-corrected chi connectivity index (χ1v) is 13.5. The number of amides is 1. The number of sulfonamides is 1. The minimum atomic E-state index is -4.07. The summed E-state index contributed by atoms with van der Waals surface area (Å²) in [5.74, 6) is 0.952. The summed E-state index contributed by atoms with van der Waals surface area (Å²) in [6, 6.07) is 20.2. The molecule has 0 saturated carbocycles. The Labute approximate surface area is 232 Å². The minimum Gasteiger partial charge on any atom is -0.459 e. The number of carbonyl (C=O) groups excluding carboxylic acids is 1. The molecule has 0 aliphatic heterocycles. The second-order valence-corrected chi connectivity index (χ2v) is 10.5. The molecule has 198 valence electrons. The number of halogens is 2. The summed E-state index contributed by atoms with van der Waals surface area (Å²) in [6.07, 6.45) is 1.46. The van der Waals surface area contributed by atoms with Gasteiger partial charge >= 0.3 is 0 Å². The molecule has 2 heterocycles. The number of hydrogen-bond acceptors (Lipinski definition) is 8. The normalized spacial score (nSPS) is 11.2. The Kier molecular flexibility index (Phi) is 7.55. The van der Waals surface area contributed by atoms with Gasteiger partial charge in [-0.25, -0.2) is 8.42 Å². The van der Waals surface area contributed by atoms with E-state index in [4.69, 9.17) is 36.9 Å². The quantitative estimate of drug-likeness (QED) is 0.210. The summed E-state index contributed by atoms with van der Waals surface area (Å²) in [7, 11) is -4.07. The molecule has 0 fully saturated rings. The Bertz CT molecular complexity index is 1720. The average Bonchev–Trinajstić information content (AvgIpc) is 3.62. The molecule has 10 nitrogen and oxygen atoms in total. The minimum absolute atomic E-state index is 0.000462. The number of rotatable bonds is 9. The maximum atomic E-state index is 13.1. The van der Waals surface area contributed by atoms with Crippen LogP contribution in [0.1, 0.15) is 16.2 Å². The maximum Gasteiger partial charge on any atom is 0.293 e. The first-order valence-electron chi connectivity index (χ1n) is 11.3. The molecule has 2 aromatic heterocycles. The number of aromatic nitrogens is 2. The average molecular weight is 585 g/mol. The van der Waals surface area contributed by atoms with Crippen molar-refractivity contribution in [3.63, 3.8) is 0 Å². The van der Waals surface area contributed by atoms with Gasteiger partial charge in [0.05, 0.1) is 34.0 Å². The van der Waals surface area contributed by atoms with Crippen molar-refractivity contribution in [2.45, 2.75) is 11.4 Å². The molecule has 0 bridgehead atoms. The lowest BCUT2D eigenvalue weighted by molar-refractivity contribution is 0.0950. The van der Waals surface area contributed by atoms with Crippen LogP contribution in [0.2, 0.25) is 10.0 Å². The smallest absolute Gasteiger partial charge is 0.293 e. The first kappa shape index (κ1) is 26.3. The van der Waals surface area contributed by atoms with E-state index in [9.17, 15) is 13.2 Å². The lowest BCUT2D eigenvalue weighted by atomic mass is 10.1. The molecule has 39 heavy (non-hydrogen) atoms. The van der Waals surface area contributed by atoms with Gasteiger partial charge in [0.15, 0.2) is 11.6 Å². The predicted octanol–water partition coefficient (Wildman–Crippen LogP) is 6.16. The summed E-state index contributed by atoms with van der Waals surface area (Å²) in [5, 5.41) is 7.08. The van der Waals surface area contributed by atoms with Crippen molar-refractivity contribution < 1.29 is 26.9 Å². The van der Waals surface area contributed by atoms with Crippen LogP contribution >= 0.6 is 23.2 Å². The lowest BCUT2D eigenvalue weighted by Crippen LogP contribution is -2.25. The second-order valence-electron chi connectivity index (χ2n) is 7.98. The van der Waals surface area contributed by atoms with E-state index in [0.717, 1.165) is 0 Å². The number of para-hydroxylation sites is 1. The molecule has 13 heteroatoms. The number of nitrogens with zero attached hydrogens (tertiary/aromatic N) is 2. The number of nitrogens with one attached hydrogen (secondary N) is 2. The SMILES string of the molecule is O=C(NCc1noc(-c2ccco2)n1)c1cc(Cl)ccc1NS(=O)(=O)c1ccc(Oc2ccccc2Cl)cc1. The molecular formula is C26H18Cl2N4O6S. The molecule has 0 aliphatic rings. The molecule has 0 aliphatic carbocycles. The van der Waals surface area contributed by atoms with Crippen molar-refractivity contribution in [1.82, 2.24) is 15.5 Å². The van der Waals surface area contributed by atoms with Crippen molar-refractivity contribution in [2.24, 2.45) is 0 Å². The molecule has 0 atom stereocenters. The zero-order valence-electron chi connectivity index (χ0n) is 19.8. The highest BCUT2D eigenvalue weighted by Gasteiger charge is 2.20. The molecule has 0 spiro atoms. The molecular weight excluding hydrogens is 567 g/mol. The molecule has 2 N–H and O–H groups in total. The molecule has 5 aromatic rings. The van der Waals surface area contributed by atoms with Crippen LogP contribution in [0.25, 0.3) is 11.7 Å². The van der Waals surface area contributed by atoms with Crippen LogP contribution < -0.4 is 14.8 Å². The lowest BCUT2D eigenvalue weighted by Gasteiger charge is -2.13. The Morgan fingerprint density at radius 1 is 0.974 bits per heavy atom. The maximum absolute atomic E-state index is 13.1. The van der Waals surface area contributed by atoms with Gasteiger partial charge in [-0.05, 0) is 66.7 Å². The van der Waals surface area contributed by atoms with E-state index >= 15 is 0 Å². The molecule has 0 radical (unpaired) electrons. The van der Waals surface area contributed by atoms with Crippen LogP contribution in [-0.4, -0.2) is 24.5 Å². The molecule has 3 aromatic carbocycles. The van der Waals surface area contributed by atoms with Crippen LogP contribution in [0.5, 0.6) is 11.5 Å². The number of hydrogen-bond donors (Lipinski definition) is 2. The largest absolute Gasteiger partial charge is 0.459 e. The Balaban J connectivity index is 1.29. The van der Waals surface area contributed by atoms with Gasteiger partial charge in [-0.1, -0.05) is 40.5 Å². The Morgan fingerprint density at radius 2 is 1.77 bits per heavy atom.